The minimum atomic E-state index is -0.118. The zero-order valence-corrected chi connectivity index (χ0v) is 18.0. The van der Waals surface area contributed by atoms with Crippen LogP contribution in [0.5, 0.6) is 5.75 Å². The molecule has 3 aromatic carbocycles. The number of para-hydroxylation sites is 1. The summed E-state index contributed by atoms with van der Waals surface area (Å²) >= 11 is 6.31. The second kappa shape index (κ2) is 8.36. The van der Waals surface area contributed by atoms with Gasteiger partial charge >= 0.3 is 0 Å². The van der Waals surface area contributed by atoms with Gasteiger partial charge in [-0.2, -0.15) is 5.10 Å². The molecule has 2 heterocycles. The topological polar surface area (TPSA) is 57.3 Å². The standard InChI is InChI=1S/C26H19ClN2O3/c1-17-25(21-9-5-6-10-23(21)27)26(30)22-12-11-20(13-24(22)32-17)31-16-18-14-28-29(15-18)19-7-3-2-4-8-19/h2-15H,16H2,1H3. The molecule has 0 atom stereocenters. The molecule has 0 N–H and O–H groups in total. The normalized spacial score (nSPS) is 11.1. The minimum Gasteiger partial charge on any atom is -0.489 e. The highest BCUT2D eigenvalue weighted by molar-refractivity contribution is 6.33. The van der Waals surface area contributed by atoms with Crippen LogP contribution in [0, 0.1) is 6.92 Å². The van der Waals surface area contributed by atoms with Gasteiger partial charge in [-0.05, 0) is 37.3 Å². The zero-order valence-electron chi connectivity index (χ0n) is 17.3. The first-order valence-corrected chi connectivity index (χ1v) is 10.5. The zero-order chi connectivity index (χ0) is 22.1. The SMILES string of the molecule is Cc1oc2cc(OCc3cnn(-c4ccccc4)c3)ccc2c(=O)c1-c1ccccc1Cl. The maximum Gasteiger partial charge on any atom is 0.200 e. The summed E-state index contributed by atoms with van der Waals surface area (Å²) < 4.78 is 13.7. The van der Waals surface area contributed by atoms with Crippen molar-refractivity contribution in [2.24, 2.45) is 0 Å². The molecule has 0 aliphatic rings. The lowest BCUT2D eigenvalue weighted by Gasteiger charge is -2.10. The van der Waals surface area contributed by atoms with Gasteiger partial charge in [-0.25, -0.2) is 4.68 Å². The summed E-state index contributed by atoms with van der Waals surface area (Å²) in [6.45, 7) is 2.12. The maximum absolute atomic E-state index is 13.2. The highest BCUT2D eigenvalue weighted by Crippen LogP contribution is 2.30. The van der Waals surface area contributed by atoms with E-state index in [9.17, 15) is 4.79 Å². The fourth-order valence-electron chi connectivity index (χ4n) is 3.67. The van der Waals surface area contributed by atoms with Gasteiger partial charge in [-0.15, -0.1) is 0 Å². The molecule has 6 heteroatoms. The molecule has 2 aromatic heterocycles. The molecule has 0 spiro atoms. The smallest absolute Gasteiger partial charge is 0.200 e. The van der Waals surface area contributed by atoms with Crippen molar-refractivity contribution in [3.8, 4) is 22.6 Å². The summed E-state index contributed by atoms with van der Waals surface area (Å²) in [4.78, 5) is 13.2. The summed E-state index contributed by atoms with van der Waals surface area (Å²) in [5, 5.41) is 5.38. The van der Waals surface area contributed by atoms with Crippen LogP contribution in [0.15, 0.2) is 94.4 Å². The third-order valence-corrected chi connectivity index (χ3v) is 5.57. The van der Waals surface area contributed by atoms with Crippen molar-refractivity contribution in [2.45, 2.75) is 13.5 Å². The van der Waals surface area contributed by atoms with Crippen LogP contribution in [0.2, 0.25) is 5.02 Å². The van der Waals surface area contributed by atoms with E-state index >= 15 is 0 Å². The summed E-state index contributed by atoms with van der Waals surface area (Å²) in [5.74, 6) is 1.12. The first-order valence-electron chi connectivity index (χ1n) is 10.1. The number of rotatable bonds is 5. The van der Waals surface area contributed by atoms with Crippen molar-refractivity contribution in [2.75, 3.05) is 0 Å². The van der Waals surface area contributed by atoms with E-state index in [1.54, 1.807) is 42.1 Å². The average Bonchev–Trinajstić information content (AvgIpc) is 3.28. The number of halogens is 1. The molecule has 0 aliphatic heterocycles. The summed E-state index contributed by atoms with van der Waals surface area (Å²) in [6.07, 6.45) is 3.70. The predicted octanol–water partition coefficient (Wildman–Crippen LogP) is 6.19. The van der Waals surface area contributed by atoms with Crippen LogP contribution in [0.3, 0.4) is 0 Å². The Morgan fingerprint density at radius 3 is 2.62 bits per heavy atom. The Hall–Kier alpha value is -3.83. The lowest BCUT2D eigenvalue weighted by molar-refractivity contribution is 0.306. The Kier molecular flexibility index (Phi) is 5.25. The second-order valence-corrected chi connectivity index (χ2v) is 7.82. The quantitative estimate of drug-likeness (QED) is 0.326. The maximum atomic E-state index is 13.2. The Balaban J connectivity index is 1.41. The van der Waals surface area contributed by atoms with Gasteiger partial charge in [0.05, 0.1) is 22.8 Å². The van der Waals surface area contributed by atoms with E-state index in [1.165, 1.54) is 0 Å². The van der Waals surface area contributed by atoms with Crippen molar-refractivity contribution >= 4 is 22.6 Å². The first-order chi connectivity index (χ1) is 15.6. The molecule has 0 radical (unpaired) electrons. The van der Waals surface area contributed by atoms with Crippen LogP contribution in [0.25, 0.3) is 27.8 Å². The van der Waals surface area contributed by atoms with Crippen molar-refractivity contribution in [1.29, 1.82) is 0 Å². The highest BCUT2D eigenvalue weighted by atomic mass is 35.5. The van der Waals surface area contributed by atoms with E-state index in [0.29, 0.717) is 45.2 Å². The summed E-state index contributed by atoms with van der Waals surface area (Å²) in [5.41, 5.74) is 3.41. The van der Waals surface area contributed by atoms with Gasteiger partial charge in [0.1, 0.15) is 23.7 Å². The largest absolute Gasteiger partial charge is 0.489 e. The number of aryl methyl sites for hydroxylation is 1. The van der Waals surface area contributed by atoms with E-state index in [0.717, 1.165) is 11.3 Å². The van der Waals surface area contributed by atoms with Crippen LogP contribution in [-0.2, 0) is 6.61 Å². The van der Waals surface area contributed by atoms with Crippen LogP contribution in [0.1, 0.15) is 11.3 Å². The van der Waals surface area contributed by atoms with Crippen molar-refractivity contribution in [3.63, 3.8) is 0 Å². The molecule has 0 saturated carbocycles. The molecule has 5 rings (SSSR count). The molecule has 5 aromatic rings. The van der Waals surface area contributed by atoms with Gasteiger partial charge in [0, 0.05) is 28.4 Å². The average molecular weight is 443 g/mol. The Labute approximate surface area is 189 Å². The third-order valence-electron chi connectivity index (χ3n) is 5.25. The number of benzene rings is 3. The van der Waals surface area contributed by atoms with Gasteiger partial charge in [0.25, 0.3) is 0 Å². The number of nitrogens with zero attached hydrogens (tertiary/aromatic N) is 2. The third kappa shape index (κ3) is 3.79. The monoisotopic (exact) mass is 442 g/mol. The number of aromatic nitrogens is 2. The van der Waals surface area contributed by atoms with E-state index in [-0.39, 0.29) is 5.43 Å². The number of ether oxygens (including phenoxy) is 1. The van der Waals surface area contributed by atoms with Gasteiger partial charge in [-0.3, -0.25) is 4.79 Å². The number of fused-ring (bicyclic) bond motifs is 1. The molecule has 0 amide bonds. The Bertz CT molecular complexity index is 1470. The summed E-state index contributed by atoms with van der Waals surface area (Å²) in [6, 6.07) is 22.4. The molecule has 0 bridgehead atoms. The summed E-state index contributed by atoms with van der Waals surface area (Å²) in [7, 11) is 0. The fourth-order valence-corrected chi connectivity index (χ4v) is 3.90. The van der Waals surface area contributed by atoms with Crippen molar-refractivity contribution in [3.05, 3.63) is 112 Å². The van der Waals surface area contributed by atoms with Crippen LogP contribution in [0.4, 0.5) is 0 Å². The van der Waals surface area contributed by atoms with Crippen LogP contribution >= 0.6 is 11.6 Å². The molecule has 0 unspecified atom stereocenters. The van der Waals surface area contributed by atoms with Gasteiger partial charge in [-0.1, -0.05) is 48.0 Å². The predicted molar refractivity (Wildman–Crippen MR) is 126 cm³/mol. The first kappa shape index (κ1) is 20.1. The highest BCUT2D eigenvalue weighted by Gasteiger charge is 2.16. The van der Waals surface area contributed by atoms with Crippen molar-refractivity contribution < 1.29 is 9.15 Å². The minimum absolute atomic E-state index is 0.118. The number of hydrogen-bond donors (Lipinski definition) is 0. The molecule has 0 saturated heterocycles. The van der Waals surface area contributed by atoms with Gasteiger partial charge in [0.15, 0.2) is 0 Å². The fraction of sp³-hybridized carbons (Fsp3) is 0.0769. The van der Waals surface area contributed by atoms with E-state index < -0.39 is 0 Å². The molecule has 5 nitrogen and oxygen atoms in total. The second-order valence-electron chi connectivity index (χ2n) is 7.42. The lowest BCUT2D eigenvalue weighted by atomic mass is 10.0. The molecule has 0 fully saturated rings. The Morgan fingerprint density at radius 2 is 1.81 bits per heavy atom. The van der Waals surface area contributed by atoms with E-state index in [2.05, 4.69) is 5.10 Å². The Morgan fingerprint density at radius 1 is 1.03 bits per heavy atom. The molecule has 0 aliphatic carbocycles. The van der Waals surface area contributed by atoms with Gasteiger partial charge in [0.2, 0.25) is 5.43 Å². The molecule has 32 heavy (non-hydrogen) atoms. The van der Waals surface area contributed by atoms with Gasteiger partial charge < -0.3 is 9.15 Å². The van der Waals surface area contributed by atoms with E-state index in [1.807, 2.05) is 54.7 Å². The molecule has 158 valence electrons. The van der Waals surface area contributed by atoms with Crippen LogP contribution in [-0.4, -0.2) is 9.78 Å². The number of hydrogen-bond acceptors (Lipinski definition) is 4. The van der Waals surface area contributed by atoms with Crippen LogP contribution < -0.4 is 10.2 Å². The van der Waals surface area contributed by atoms with Crippen molar-refractivity contribution in [1.82, 2.24) is 9.78 Å². The lowest BCUT2D eigenvalue weighted by Crippen LogP contribution is -2.08. The molecular formula is C26H19ClN2O3. The van der Waals surface area contributed by atoms with E-state index in [4.69, 9.17) is 20.8 Å². The molecular weight excluding hydrogens is 424 g/mol.